The van der Waals surface area contributed by atoms with Crippen molar-refractivity contribution in [2.75, 3.05) is 6.61 Å². The zero-order chi connectivity index (χ0) is 24.1. The van der Waals surface area contributed by atoms with Gasteiger partial charge in [-0.05, 0) is 75.9 Å². The number of carbonyl (C=O) groups excluding carboxylic acids is 2. The predicted molar refractivity (Wildman–Crippen MR) is 130 cm³/mol. The number of hydrogen-bond donors (Lipinski definition) is 1. The maximum atomic E-state index is 13.3. The van der Waals surface area contributed by atoms with Crippen molar-refractivity contribution in [3.8, 4) is 5.75 Å². The average molecular weight is 479 g/mol. The van der Waals surface area contributed by atoms with Gasteiger partial charge in [-0.1, -0.05) is 48.3 Å². The van der Waals surface area contributed by atoms with E-state index in [9.17, 15) is 9.59 Å². The largest absolute Gasteiger partial charge is 0.484 e. The summed E-state index contributed by atoms with van der Waals surface area (Å²) < 4.78 is 5.79. The van der Waals surface area contributed by atoms with E-state index in [1.54, 1.807) is 18.2 Å². The minimum Gasteiger partial charge on any atom is -0.484 e. The van der Waals surface area contributed by atoms with Gasteiger partial charge in [0.2, 0.25) is 5.91 Å². The van der Waals surface area contributed by atoms with Crippen LogP contribution in [0.5, 0.6) is 5.75 Å². The Bertz CT molecular complexity index is 947. The molecule has 0 aliphatic carbocycles. The summed E-state index contributed by atoms with van der Waals surface area (Å²) >= 11 is 12.6. The molecule has 0 aromatic heterocycles. The SMILES string of the molecule is CC[C@@H](C(=O)NC(C)(C)C)N(Cc1ccccc1Cl)C(=O)COc1cc(C)c(Cl)c(C)c1. The molecule has 1 N–H and O–H groups in total. The topological polar surface area (TPSA) is 58.6 Å². The van der Waals surface area contributed by atoms with Crippen LogP contribution in [0.15, 0.2) is 36.4 Å². The normalized spacial score (nSPS) is 12.2. The van der Waals surface area contributed by atoms with Crippen molar-refractivity contribution in [3.63, 3.8) is 0 Å². The molecule has 1 atom stereocenters. The van der Waals surface area contributed by atoms with Gasteiger partial charge in [-0.3, -0.25) is 9.59 Å². The number of hydrogen-bond acceptors (Lipinski definition) is 3. The molecule has 174 valence electrons. The summed E-state index contributed by atoms with van der Waals surface area (Å²) in [6.07, 6.45) is 0.456. The molecular formula is C25H32Cl2N2O3. The molecule has 0 heterocycles. The van der Waals surface area contributed by atoms with E-state index in [-0.39, 0.29) is 25.0 Å². The zero-order valence-electron chi connectivity index (χ0n) is 19.6. The van der Waals surface area contributed by atoms with E-state index in [0.717, 1.165) is 16.7 Å². The van der Waals surface area contributed by atoms with Gasteiger partial charge < -0.3 is 15.0 Å². The van der Waals surface area contributed by atoms with Crippen LogP contribution >= 0.6 is 23.2 Å². The summed E-state index contributed by atoms with van der Waals surface area (Å²) in [6, 6.07) is 10.2. The van der Waals surface area contributed by atoms with Gasteiger partial charge in [0, 0.05) is 22.1 Å². The predicted octanol–water partition coefficient (Wildman–Crippen LogP) is 5.71. The average Bonchev–Trinajstić information content (AvgIpc) is 2.70. The van der Waals surface area contributed by atoms with Crippen LogP contribution in [0.25, 0.3) is 0 Å². The van der Waals surface area contributed by atoms with Gasteiger partial charge in [0.15, 0.2) is 6.61 Å². The molecular weight excluding hydrogens is 447 g/mol. The number of nitrogens with zero attached hydrogens (tertiary/aromatic N) is 1. The highest BCUT2D eigenvalue weighted by Crippen LogP contribution is 2.26. The van der Waals surface area contributed by atoms with Crippen LogP contribution in [-0.4, -0.2) is 34.9 Å². The third-order valence-electron chi connectivity index (χ3n) is 4.95. The fraction of sp³-hybridized carbons (Fsp3) is 0.440. The fourth-order valence-corrected chi connectivity index (χ4v) is 3.70. The molecule has 32 heavy (non-hydrogen) atoms. The second-order valence-corrected chi connectivity index (χ2v) is 9.72. The zero-order valence-corrected chi connectivity index (χ0v) is 21.1. The first-order valence-corrected chi connectivity index (χ1v) is 11.4. The lowest BCUT2D eigenvalue weighted by Gasteiger charge is -2.33. The molecule has 0 bridgehead atoms. The van der Waals surface area contributed by atoms with Crippen LogP contribution in [0.2, 0.25) is 10.0 Å². The van der Waals surface area contributed by atoms with Crippen molar-refractivity contribution < 1.29 is 14.3 Å². The van der Waals surface area contributed by atoms with Crippen molar-refractivity contribution in [1.82, 2.24) is 10.2 Å². The Kier molecular flexibility index (Phi) is 8.99. The number of amides is 2. The van der Waals surface area contributed by atoms with Crippen molar-refractivity contribution in [3.05, 3.63) is 63.1 Å². The van der Waals surface area contributed by atoms with Gasteiger partial charge in [0.25, 0.3) is 5.91 Å². The minimum absolute atomic E-state index is 0.204. The number of aryl methyl sites for hydroxylation is 2. The third kappa shape index (κ3) is 7.14. The van der Waals surface area contributed by atoms with Crippen LogP contribution in [-0.2, 0) is 16.1 Å². The molecule has 2 amide bonds. The van der Waals surface area contributed by atoms with Crippen molar-refractivity contribution >= 4 is 35.0 Å². The monoisotopic (exact) mass is 478 g/mol. The van der Waals surface area contributed by atoms with E-state index >= 15 is 0 Å². The summed E-state index contributed by atoms with van der Waals surface area (Å²) in [5.74, 6) is 0.0484. The molecule has 0 radical (unpaired) electrons. The van der Waals surface area contributed by atoms with Crippen molar-refractivity contribution in [1.29, 1.82) is 0 Å². The van der Waals surface area contributed by atoms with E-state index in [1.807, 2.05) is 59.7 Å². The molecule has 0 spiro atoms. The van der Waals surface area contributed by atoms with Crippen LogP contribution < -0.4 is 10.1 Å². The second-order valence-electron chi connectivity index (χ2n) is 8.94. The minimum atomic E-state index is -0.657. The number of rotatable bonds is 8. The summed E-state index contributed by atoms with van der Waals surface area (Å²) in [5.41, 5.74) is 2.09. The first-order valence-electron chi connectivity index (χ1n) is 10.7. The maximum absolute atomic E-state index is 13.3. The Morgan fingerprint density at radius 1 is 1.09 bits per heavy atom. The fourth-order valence-electron chi connectivity index (χ4n) is 3.40. The summed E-state index contributed by atoms with van der Waals surface area (Å²) in [4.78, 5) is 27.8. The van der Waals surface area contributed by atoms with E-state index in [2.05, 4.69) is 5.32 Å². The van der Waals surface area contributed by atoms with Crippen molar-refractivity contribution in [2.24, 2.45) is 0 Å². The van der Waals surface area contributed by atoms with Gasteiger partial charge in [0.1, 0.15) is 11.8 Å². The molecule has 0 aliphatic rings. The van der Waals surface area contributed by atoms with Gasteiger partial charge in [-0.25, -0.2) is 0 Å². The molecule has 0 saturated carbocycles. The van der Waals surface area contributed by atoms with E-state index < -0.39 is 11.6 Å². The highest BCUT2D eigenvalue weighted by molar-refractivity contribution is 6.32. The lowest BCUT2D eigenvalue weighted by molar-refractivity contribution is -0.143. The number of nitrogens with one attached hydrogen (secondary N) is 1. The van der Waals surface area contributed by atoms with E-state index in [0.29, 0.717) is 22.2 Å². The molecule has 0 fully saturated rings. The Labute approximate surface area is 201 Å². The summed E-state index contributed by atoms with van der Waals surface area (Å²) in [5, 5.41) is 4.20. The Balaban J connectivity index is 2.28. The molecule has 0 unspecified atom stereocenters. The molecule has 7 heteroatoms. The Morgan fingerprint density at radius 3 is 2.22 bits per heavy atom. The quantitative estimate of drug-likeness (QED) is 0.528. The first kappa shape index (κ1) is 26.0. The Morgan fingerprint density at radius 2 is 1.69 bits per heavy atom. The molecule has 2 rings (SSSR count). The van der Waals surface area contributed by atoms with Gasteiger partial charge in [0.05, 0.1) is 0 Å². The molecule has 0 aliphatic heterocycles. The number of ether oxygens (including phenoxy) is 1. The number of halogens is 2. The smallest absolute Gasteiger partial charge is 0.261 e. The standard InChI is InChI=1S/C25H32Cl2N2O3/c1-7-21(24(31)28-25(4,5)6)29(14-18-10-8-9-11-20(18)26)22(30)15-32-19-12-16(2)23(27)17(3)13-19/h8-13,21H,7,14-15H2,1-6H3,(H,28,31)/t21-/m0/s1. The summed E-state index contributed by atoms with van der Waals surface area (Å²) in [6.45, 7) is 11.4. The highest BCUT2D eigenvalue weighted by Gasteiger charge is 2.31. The molecule has 0 saturated heterocycles. The van der Waals surface area contributed by atoms with E-state index in [1.165, 1.54) is 4.90 Å². The summed E-state index contributed by atoms with van der Waals surface area (Å²) in [7, 11) is 0. The lowest BCUT2D eigenvalue weighted by atomic mass is 10.1. The third-order valence-corrected chi connectivity index (χ3v) is 5.92. The van der Waals surface area contributed by atoms with Crippen LogP contribution in [0.3, 0.4) is 0 Å². The first-order chi connectivity index (χ1) is 14.9. The number of carbonyl (C=O) groups is 2. The van der Waals surface area contributed by atoms with Gasteiger partial charge in [-0.15, -0.1) is 0 Å². The molecule has 2 aromatic rings. The van der Waals surface area contributed by atoms with Gasteiger partial charge in [-0.2, -0.15) is 0 Å². The number of benzene rings is 2. The molecule has 2 aromatic carbocycles. The van der Waals surface area contributed by atoms with Crippen LogP contribution in [0.1, 0.15) is 50.8 Å². The lowest BCUT2D eigenvalue weighted by Crippen LogP contribution is -2.54. The Hall–Kier alpha value is -2.24. The van der Waals surface area contributed by atoms with Gasteiger partial charge >= 0.3 is 0 Å². The maximum Gasteiger partial charge on any atom is 0.261 e. The van der Waals surface area contributed by atoms with E-state index in [4.69, 9.17) is 27.9 Å². The molecule has 5 nitrogen and oxygen atoms in total. The van der Waals surface area contributed by atoms with Crippen LogP contribution in [0.4, 0.5) is 0 Å². The highest BCUT2D eigenvalue weighted by atomic mass is 35.5. The van der Waals surface area contributed by atoms with Crippen molar-refractivity contribution in [2.45, 2.75) is 66.1 Å². The second kappa shape index (κ2) is 11.1. The van der Waals surface area contributed by atoms with Crippen LogP contribution in [0, 0.1) is 13.8 Å².